The van der Waals surface area contributed by atoms with E-state index in [1.807, 2.05) is 13.1 Å². The van der Waals surface area contributed by atoms with Gasteiger partial charge in [0.1, 0.15) is 0 Å². The van der Waals surface area contributed by atoms with E-state index in [9.17, 15) is 4.79 Å². The van der Waals surface area contributed by atoms with Crippen LogP contribution < -0.4 is 5.32 Å². The summed E-state index contributed by atoms with van der Waals surface area (Å²) in [5.41, 5.74) is 4.99. The maximum absolute atomic E-state index is 12.1. The van der Waals surface area contributed by atoms with E-state index in [-0.39, 0.29) is 5.91 Å². The molecule has 0 aliphatic heterocycles. The van der Waals surface area contributed by atoms with Crippen molar-refractivity contribution in [3.8, 4) is 0 Å². The maximum atomic E-state index is 12.1. The average molecular weight is 325 g/mol. The Hall–Kier alpha value is -2.14. The highest BCUT2D eigenvalue weighted by Gasteiger charge is 2.25. The van der Waals surface area contributed by atoms with E-state index in [2.05, 4.69) is 44.3 Å². The molecule has 0 saturated carbocycles. The second-order valence-corrected chi connectivity index (χ2v) is 7.00. The van der Waals surface area contributed by atoms with Crippen molar-refractivity contribution >= 4 is 22.2 Å². The fourth-order valence-electron chi connectivity index (χ4n) is 3.23. The number of aryl methyl sites for hydroxylation is 2. The Balaban J connectivity index is 1.29. The Morgan fingerprint density at radius 3 is 3.17 bits per heavy atom. The molecule has 0 saturated heterocycles. The molecule has 0 bridgehead atoms. The number of carbonyl (C=O) groups is 1. The summed E-state index contributed by atoms with van der Waals surface area (Å²) < 4.78 is 2.09. The predicted octanol–water partition coefficient (Wildman–Crippen LogP) is 3.09. The molecule has 0 unspecified atom stereocenters. The minimum Gasteiger partial charge on any atom is -0.355 e. The number of carbonyl (C=O) groups excluding carboxylic acids is 1. The van der Waals surface area contributed by atoms with Crippen LogP contribution >= 0.6 is 11.3 Å². The fourth-order valence-corrected chi connectivity index (χ4v) is 4.19. The van der Waals surface area contributed by atoms with E-state index < -0.39 is 0 Å². The minimum absolute atomic E-state index is 0.130. The van der Waals surface area contributed by atoms with Gasteiger partial charge in [0.2, 0.25) is 5.91 Å². The largest absolute Gasteiger partial charge is 0.355 e. The lowest BCUT2D eigenvalue weighted by Crippen LogP contribution is -2.33. The van der Waals surface area contributed by atoms with Crippen molar-refractivity contribution in [1.82, 2.24) is 14.7 Å². The summed E-state index contributed by atoms with van der Waals surface area (Å²) in [5.74, 6) is 0.616. The average Bonchev–Trinajstić information content (AvgIpc) is 3.05. The third kappa shape index (κ3) is 2.77. The van der Waals surface area contributed by atoms with E-state index in [1.54, 1.807) is 11.3 Å². The minimum atomic E-state index is 0.130. The molecule has 4 nitrogen and oxygen atoms in total. The SMILES string of the molecule is Cc1cn2c(CCC(=O)NC[C@H]3Cc4ccccc43)csc2n1. The Labute approximate surface area is 139 Å². The zero-order valence-electron chi connectivity index (χ0n) is 13.1. The van der Waals surface area contributed by atoms with Gasteiger partial charge >= 0.3 is 0 Å². The van der Waals surface area contributed by atoms with Gasteiger partial charge in [0.25, 0.3) is 0 Å². The van der Waals surface area contributed by atoms with Crippen molar-refractivity contribution in [3.63, 3.8) is 0 Å². The first kappa shape index (κ1) is 14.5. The highest BCUT2D eigenvalue weighted by molar-refractivity contribution is 7.15. The molecule has 1 N–H and O–H groups in total. The molecule has 3 aromatic rings. The van der Waals surface area contributed by atoms with Gasteiger partial charge in [0.15, 0.2) is 4.96 Å². The summed E-state index contributed by atoms with van der Waals surface area (Å²) in [6.07, 6.45) is 4.39. The number of rotatable bonds is 5. The molecule has 1 aromatic carbocycles. The summed E-state index contributed by atoms with van der Waals surface area (Å²) in [6.45, 7) is 2.74. The number of hydrogen-bond donors (Lipinski definition) is 1. The standard InChI is InChI=1S/C18H19N3OS/c1-12-10-21-15(11-23-18(21)20-12)6-7-17(22)19-9-14-8-13-4-2-3-5-16(13)14/h2-5,10-11,14H,6-9H2,1H3,(H,19,22)/t14-/m1/s1. The number of aromatic nitrogens is 2. The molecule has 1 aliphatic rings. The summed E-state index contributed by atoms with van der Waals surface area (Å²) in [4.78, 5) is 17.5. The smallest absolute Gasteiger partial charge is 0.220 e. The Morgan fingerprint density at radius 1 is 1.43 bits per heavy atom. The van der Waals surface area contributed by atoms with Crippen molar-refractivity contribution in [1.29, 1.82) is 0 Å². The van der Waals surface area contributed by atoms with Crippen LogP contribution in [-0.4, -0.2) is 21.8 Å². The van der Waals surface area contributed by atoms with Crippen LogP contribution in [-0.2, 0) is 17.6 Å². The number of imidazole rings is 1. The van der Waals surface area contributed by atoms with Crippen molar-refractivity contribution < 1.29 is 4.79 Å². The number of hydrogen-bond acceptors (Lipinski definition) is 3. The van der Waals surface area contributed by atoms with Gasteiger partial charge in [-0.25, -0.2) is 4.98 Å². The van der Waals surface area contributed by atoms with Crippen LogP contribution in [0, 0.1) is 6.92 Å². The quantitative estimate of drug-likeness (QED) is 0.783. The van der Waals surface area contributed by atoms with Gasteiger partial charge in [-0.3, -0.25) is 9.20 Å². The van der Waals surface area contributed by atoms with E-state index in [4.69, 9.17) is 0 Å². The lowest BCUT2D eigenvalue weighted by molar-refractivity contribution is -0.121. The maximum Gasteiger partial charge on any atom is 0.220 e. The van der Waals surface area contributed by atoms with E-state index in [1.165, 1.54) is 11.1 Å². The highest BCUT2D eigenvalue weighted by atomic mass is 32.1. The molecular weight excluding hydrogens is 306 g/mol. The molecule has 1 amide bonds. The van der Waals surface area contributed by atoms with Gasteiger partial charge in [-0.1, -0.05) is 24.3 Å². The molecule has 118 valence electrons. The second-order valence-electron chi connectivity index (χ2n) is 6.17. The number of fused-ring (bicyclic) bond motifs is 2. The van der Waals surface area contributed by atoms with Crippen LogP contribution in [0.4, 0.5) is 0 Å². The zero-order chi connectivity index (χ0) is 15.8. The first-order chi connectivity index (χ1) is 11.2. The lowest BCUT2D eigenvalue weighted by Gasteiger charge is -2.30. The summed E-state index contributed by atoms with van der Waals surface area (Å²) in [5, 5.41) is 5.18. The molecule has 2 aromatic heterocycles. The van der Waals surface area contributed by atoms with Crippen molar-refractivity contribution in [2.75, 3.05) is 6.54 Å². The third-order valence-electron chi connectivity index (χ3n) is 4.52. The van der Waals surface area contributed by atoms with E-state index in [0.29, 0.717) is 12.3 Å². The van der Waals surface area contributed by atoms with Gasteiger partial charge in [-0.05, 0) is 30.9 Å². The van der Waals surface area contributed by atoms with Crippen LogP contribution in [0.15, 0.2) is 35.8 Å². The Bertz CT molecular complexity index is 864. The van der Waals surface area contributed by atoms with Gasteiger partial charge in [-0.15, -0.1) is 11.3 Å². The first-order valence-corrected chi connectivity index (χ1v) is 8.85. The fraction of sp³-hybridized carbons (Fsp3) is 0.333. The van der Waals surface area contributed by atoms with Gasteiger partial charge in [0, 0.05) is 36.2 Å². The highest BCUT2D eigenvalue weighted by Crippen LogP contribution is 2.33. The Kier molecular flexibility index (Phi) is 3.65. The van der Waals surface area contributed by atoms with Crippen molar-refractivity contribution in [2.45, 2.75) is 32.1 Å². The molecule has 0 radical (unpaired) electrons. The number of thiazole rings is 1. The van der Waals surface area contributed by atoms with Crippen LogP contribution in [0.2, 0.25) is 0 Å². The molecule has 1 atom stereocenters. The summed E-state index contributed by atoms with van der Waals surface area (Å²) in [6, 6.07) is 8.48. The monoisotopic (exact) mass is 325 g/mol. The molecule has 23 heavy (non-hydrogen) atoms. The Morgan fingerprint density at radius 2 is 2.30 bits per heavy atom. The third-order valence-corrected chi connectivity index (χ3v) is 5.41. The van der Waals surface area contributed by atoms with Gasteiger partial charge < -0.3 is 5.32 Å². The molecular formula is C18H19N3OS. The summed E-state index contributed by atoms with van der Waals surface area (Å²) >= 11 is 1.63. The van der Waals surface area contributed by atoms with E-state index in [0.717, 1.165) is 35.7 Å². The molecule has 5 heteroatoms. The van der Waals surface area contributed by atoms with Crippen LogP contribution in [0.3, 0.4) is 0 Å². The molecule has 0 fully saturated rings. The predicted molar refractivity (Wildman–Crippen MR) is 92.0 cm³/mol. The zero-order valence-corrected chi connectivity index (χ0v) is 13.9. The van der Waals surface area contributed by atoms with Crippen molar-refractivity contribution in [2.24, 2.45) is 0 Å². The molecule has 0 spiro atoms. The van der Waals surface area contributed by atoms with Gasteiger partial charge in [0.05, 0.1) is 5.69 Å². The normalized spacial score (nSPS) is 16.1. The van der Waals surface area contributed by atoms with Gasteiger partial charge in [-0.2, -0.15) is 0 Å². The van der Waals surface area contributed by atoms with E-state index >= 15 is 0 Å². The number of benzene rings is 1. The number of amides is 1. The molecule has 1 aliphatic carbocycles. The number of nitrogens with one attached hydrogen (secondary N) is 1. The van der Waals surface area contributed by atoms with Crippen LogP contribution in [0.25, 0.3) is 4.96 Å². The van der Waals surface area contributed by atoms with Crippen LogP contribution in [0.5, 0.6) is 0 Å². The lowest BCUT2D eigenvalue weighted by atomic mass is 9.77. The molecule has 2 heterocycles. The van der Waals surface area contributed by atoms with Crippen LogP contribution in [0.1, 0.15) is 34.9 Å². The second kappa shape index (κ2) is 5.81. The molecule has 4 rings (SSSR count). The van der Waals surface area contributed by atoms with Crippen molar-refractivity contribution in [3.05, 3.63) is 58.4 Å². The summed E-state index contributed by atoms with van der Waals surface area (Å²) in [7, 11) is 0. The topological polar surface area (TPSA) is 46.4 Å². The number of nitrogens with zero attached hydrogens (tertiary/aromatic N) is 2. The first-order valence-electron chi connectivity index (χ1n) is 7.97.